The van der Waals surface area contributed by atoms with Crippen LogP contribution >= 0.6 is 11.8 Å². The minimum absolute atomic E-state index is 0.188. The van der Waals surface area contributed by atoms with Gasteiger partial charge < -0.3 is 9.84 Å². The number of rotatable bonds is 3. The van der Waals surface area contributed by atoms with Gasteiger partial charge in [-0.1, -0.05) is 0 Å². The van der Waals surface area contributed by atoms with E-state index in [1.54, 1.807) is 0 Å². The van der Waals surface area contributed by atoms with E-state index in [4.69, 9.17) is 4.74 Å². The van der Waals surface area contributed by atoms with Crippen LogP contribution in [-0.2, 0) is 9.53 Å². The van der Waals surface area contributed by atoms with E-state index in [-0.39, 0.29) is 17.3 Å². The molecular formula is C11H20O3S. The van der Waals surface area contributed by atoms with Crippen LogP contribution in [0.25, 0.3) is 0 Å². The molecule has 1 N–H and O–H groups in total. The molecular weight excluding hydrogens is 212 g/mol. The third-order valence-corrected chi connectivity index (χ3v) is 3.63. The van der Waals surface area contributed by atoms with Crippen LogP contribution in [0.5, 0.6) is 0 Å². The molecule has 0 bridgehead atoms. The highest BCUT2D eigenvalue weighted by Gasteiger charge is 2.27. The summed E-state index contributed by atoms with van der Waals surface area (Å²) < 4.78 is 5.19. The summed E-state index contributed by atoms with van der Waals surface area (Å²) in [6, 6.07) is 0. The third-order valence-electron chi connectivity index (χ3n) is 2.25. The highest BCUT2D eigenvalue weighted by molar-refractivity contribution is 8.00. The molecule has 0 aliphatic heterocycles. The summed E-state index contributed by atoms with van der Waals surface area (Å²) >= 11 is 1.52. The van der Waals surface area contributed by atoms with E-state index in [0.717, 1.165) is 19.3 Å². The van der Waals surface area contributed by atoms with Crippen molar-refractivity contribution in [2.24, 2.45) is 0 Å². The van der Waals surface area contributed by atoms with E-state index in [9.17, 15) is 9.90 Å². The maximum atomic E-state index is 11.4. The van der Waals surface area contributed by atoms with Gasteiger partial charge in [0.15, 0.2) is 0 Å². The van der Waals surface area contributed by atoms with E-state index in [0.29, 0.717) is 5.75 Å². The first kappa shape index (κ1) is 12.8. The molecule has 0 saturated heterocycles. The summed E-state index contributed by atoms with van der Waals surface area (Å²) in [6.07, 6.45) is 2.70. The lowest BCUT2D eigenvalue weighted by Gasteiger charge is -2.20. The van der Waals surface area contributed by atoms with E-state index in [1.807, 2.05) is 20.8 Å². The van der Waals surface area contributed by atoms with E-state index < -0.39 is 5.60 Å². The predicted octanol–water partition coefficient (Wildman–Crippen LogP) is 1.97. The van der Waals surface area contributed by atoms with Crippen molar-refractivity contribution in [3.63, 3.8) is 0 Å². The van der Waals surface area contributed by atoms with Gasteiger partial charge in [0.1, 0.15) is 5.60 Å². The van der Waals surface area contributed by atoms with Gasteiger partial charge in [-0.25, -0.2) is 0 Å². The van der Waals surface area contributed by atoms with Gasteiger partial charge in [0.05, 0.1) is 11.9 Å². The van der Waals surface area contributed by atoms with E-state index in [1.165, 1.54) is 11.8 Å². The summed E-state index contributed by atoms with van der Waals surface area (Å²) in [4.78, 5) is 11.4. The fraction of sp³-hybridized carbons (Fsp3) is 0.909. The SMILES string of the molecule is CC(C)(C)OC(=O)CSC1CCCC1O. The van der Waals surface area contributed by atoms with Gasteiger partial charge in [-0.15, -0.1) is 11.8 Å². The van der Waals surface area contributed by atoms with Crippen LogP contribution in [0.4, 0.5) is 0 Å². The Bertz CT molecular complexity index is 222. The molecule has 88 valence electrons. The maximum Gasteiger partial charge on any atom is 0.316 e. The normalized spacial score (nSPS) is 26.7. The van der Waals surface area contributed by atoms with Crippen molar-refractivity contribution >= 4 is 17.7 Å². The van der Waals surface area contributed by atoms with Crippen molar-refractivity contribution in [3.8, 4) is 0 Å². The standard InChI is InChI=1S/C11H20O3S/c1-11(2,3)14-10(13)7-15-9-6-4-5-8(9)12/h8-9,12H,4-7H2,1-3H3. The summed E-state index contributed by atoms with van der Waals surface area (Å²) in [6.45, 7) is 5.58. The minimum atomic E-state index is -0.411. The van der Waals surface area contributed by atoms with Crippen molar-refractivity contribution in [3.05, 3.63) is 0 Å². The lowest BCUT2D eigenvalue weighted by molar-refractivity contribution is -0.151. The number of hydrogen-bond donors (Lipinski definition) is 1. The van der Waals surface area contributed by atoms with Gasteiger partial charge in [0.2, 0.25) is 0 Å². The smallest absolute Gasteiger partial charge is 0.316 e. The number of aliphatic hydroxyl groups excluding tert-OH is 1. The number of carbonyl (C=O) groups is 1. The van der Waals surface area contributed by atoms with Gasteiger partial charge >= 0.3 is 5.97 Å². The first-order valence-corrected chi connectivity index (χ1v) is 6.45. The molecule has 1 rings (SSSR count). The summed E-state index contributed by atoms with van der Waals surface area (Å²) in [5.41, 5.74) is -0.411. The molecule has 0 heterocycles. The summed E-state index contributed by atoms with van der Waals surface area (Å²) in [7, 11) is 0. The highest BCUT2D eigenvalue weighted by Crippen LogP contribution is 2.30. The number of hydrogen-bond acceptors (Lipinski definition) is 4. The molecule has 0 amide bonds. The van der Waals surface area contributed by atoms with Crippen molar-refractivity contribution in [1.82, 2.24) is 0 Å². The second-order valence-corrected chi connectivity index (χ2v) is 6.16. The summed E-state index contributed by atoms with van der Waals surface area (Å²) in [5.74, 6) is 0.158. The van der Waals surface area contributed by atoms with Crippen LogP contribution < -0.4 is 0 Å². The van der Waals surface area contributed by atoms with Gasteiger partial charge in [-0.2, -0.15) is 0 Å². The topological polar surface area (TPSA) is 46.5 Å². The Morgan fingerprint density at radius 2 is 2.13 bits per heavy atom. The van der Waals surface area contributed by atoms with Gasteiger partial charge in [-0.05, 0) is 40.0 Å². The maximum absolute atomic E-state index is 11.4. The van der Waals surface area contributed by atoms with Crippen LogP contribution in [0.3, 0.4) is 0 Å². The Morgan fingerprint density at radius 3 is 2.60 bits per heavy atom. The first-order chi connectivity index (χ1) is 6.88. The van der Waals surface area contributed by atoms with E-state index in [2.05, 4.69) is 0 Å². The van der Waals surface area contributed by atoms with E-state index >= 15 is 0 Å². The fourth-order valence-corrected chi connectivity index (χ4v) is 2.75. The first-order valence-electron chi connectivity index (χ1n) is 5.40. The Balaban J connectivity index is 2.22. The molecule has 1 fully saturated rings. The Morgan fingerprint density at radius 1 is 1.47 bits per heavy atom. The molecule has 1 aliphatic carbocycles. The predicted molar refractivity (Wildman–Crippen MR) is 61.9 cm³/mol. The summed E-state index contributed by atoms with van der Waals surface area (Å²) in [5, 5.41) is 9.78. The van der Waals surface area contributed by atoms with Crippen LogP contribution in [0, 0.1) is 0 Å². The van der Waals surface area contributed by atoms with Crippen molar-refractivity contribution < 1.29 is 14.6 Å². The van der Waals surface area contributed by atoms with Crippen LogP contribution in [0.15, 0.2) is 0 Å². The number of esters is 1. The van der Waals surface area contributed by atoms with Crippen molar-refractivity contribution in [2.45, 2.75) is 57.0 Å². The largest absolute Gasteiger partial charge is 0.459 e. The molecule has 1 aliphatic rings. The lowest BCUT2D eigenvalue weighted by atomic mass is 10.2. The molecule has 2 unspecified atom stereocenters. The Kier molecular flexibility index (Phi) is 4.46. The number of ether oxygens (including phenoxy) is 1. The number of thioether (sulfide) groups is 1. The van der Waals surface area contributed by atoms with Crippen LogP contribution in [-0.4, -0.2) is 33.8 Å². The molecule has 0 aromatic carbocycles. The van der Waals surface area contributed by atoms with Gasteiger partial charge in [-0.3, -0.25) is 4.79 Å². The fourth-order valence-electron chi connectivity index (χ4n) is 1.65. The molecule has 0 aromatic rings. The zero-order chi connectivity index (χ0) is 11.5. The van der Waals surface area contributed by atoms with Crippen molar-refractivity contribution in [1.29, 1.82) is 0 Å². The minimum Gasteiger partial charge on any atom is -0.459 e. The molecule has 2 atom stereocenters. The average Bonchev–Trinajstić information content (AvgIpc) is 2.44. The van der Waals surface area contributed by atoms with Crippen molar-refractivity contribution in [2.75, 3.05) is 5.75 Å². The number of carbonyl (C=O) groups excluding carboxylic acids is 1. The quantitative estimate of drug-likeness (QED) is 0.756. The van der Waals surface area contributed by atoms with Crippen LogP contribution in [0.1, 0.15) is 40.0 Å². The third kappa shape index (κ3) is 4.89. The zero-order valence-electron chi connectivity index (χ0n) is 9.66. The second-order valence-electron chi connectivity index (χ2n) is 4.93. The zero-order valence-corrected chi connectivity index (χ0v) is 10.5. The van der Waals surface area contributed by atoms with Gasteiger partial charge in [0, 0.05) is 5.25 Å². The molecule has 0 spiro atoms. The molecule has 3 nitrogen and oxygen atoms in total. The van der Waals surface area contributed by atoms with Gasteiger partial charge in [0.25, 0.3) is 0 Å². The number of aliphatic hydroxyl groups is 1. The highest BCUT2D eigenvalue weighted by atomic mass is 32.2. The Labute approximate surface area is 95.6 Å². The monoisotopic (exact) mass is 232 g/mol. The molecule has 0 aromatic heterocycles. The molecule has 15 heavy (non-hydrogen) atoms. The second kappa shape index (κ2) is 5.21. The molecule has 1 saturated carbocycles. The molecule has 4 heteroatoms. The Hall–Kier alpha value is -0.220. The molecule has 0 radical (unpaired) electrons. The average molecular weight is 232 g/mol. The lowest BCUT2D eigenvalue weighted by Crippen LogP contribution is -2.26. The van der Waals surface area contributed by atoms with Crippen LogP contribution in [0.2, 0.25) is 0 Å².